The number of nitrogens with zero attached hydrogens (tertiary/aromatic N) is 2. The van der Waals surface area contributed by atoms with E-state index in [9.17, 15) is 9.59 Å². The zero-order chi connectivity index (χ0) is 11.8. The van der Waals surface area contributed by atoms with E-state index in [-0.39, 0.29) is 5.91 Å². The first-order chi connectivity index (χ1) is 7.57. The summed E-state index contributed by atoms with van der Waals surface area (Å²) >= 11 is 0. The molecular formula is C10H13N3O3. The summed E-state index contributed by atoms with van der Waals surface area (Å²) in [6.07, 6.45) is 4.04. The predicted molar refractivity (Wildman–Crippen MR) is 55.0 cm³/mol. The van der Waals surface area contributed by atoms with Crippen molar-refractivity contribution >= 4 is 11.9 Å². The van der Waals surface area contributed by atoms with Crippen LogP contribution in [0.3, 0.4) is 0 Å². The second-order valence-electron chi connectivity index (χ2n) is 3.93. The maximum absolute atomic E-state index is 11.7. The van der Waals surface area contributed by atoms with Gasteiger partial charge in [0, 0.05) is 12.7 Å². The average molecular weight is 223 g/mol. The first-order valence-electron chi connectivity index (χ1n) is 5.16. The molecule has 0 radical (unpaired) electrons. The van der Waals surface area contributed by atoms with Gasteiger partial charge >= 0.3 is 5.97 Å². The molecule has 0 atom stereocenters. The molecule has 0 bridgehead atoms. The Hall–Kier alpha value is -1.85. The van der Waals surface area contributed by atoms with Gasteiger partial charge in [0.25, 0.3) is 5.91 Å². The molecule has 1 aliphatic carbocycles. The van der Waals surface area contributed by atoms with Crippen molar-refractivity contribution in [2.24, 2.45) is 0 Å². The number of carbonyl (C=O) groups excluding carboxylic acids is 1. The highest BCUT2D eigenvalue weighted by Crippen LogP contribution is 2.35. The number of hydrogen-bond donors (Lipinski definition) is 2. The van der Waals surface area contributed by atoms with E-state index < -0.39 is 11.5 Å². The molecule has 16 heavy (non-hydrogen) atoms. The number of nitrogens with one attached hydrogen (secondary N) is 1. The number of hydrogen-bond acceptors (Lipinski definition) is 3. The van der Waals surface area contributed by atoms with Crippen molar-refractivity contribution in [1.29, 1.82) is 0 Å². The molecular weight excluding hydrogens is 210 g/mol. The normalized spacial score (nSPS) is 16.8. The van der Waals surface area contributed by atoms with Crippen LogP contribution >= 0.6 is 0 Å². The van der Waals surface area contributed by atoms with Crippen LogP contribution in [0.5, 0.6) is 0 Å². The number of carboxylic acids is 1. The van der Waals surface area contributed by atoms with Gasteiger partial charge in [0.05, 0.1) is 11.8 Å². The van der Waals surface area contributed by atoms with Gasteiger partial charge in [-0.05, 0) is 19.8 Å². The smallest absolute Gasteiger partial charge is 0.329 e. The van der Waals surface area contributed by atoms with E-state index in [0.29, 0.717) is 24.9 Å². The number of carboxylic acid groups (broad SMARTS) is 1. The summed E-state index contributed by atoms with van der Waals surface area (Å²) in [7, 11) is 0. The Kier molecular flexibility index (Phi) is 2.41. The minimum Gasteiger partial charge on any atom is -0.480 e. The number of rotatable bonds is 4. The molecule has 1 fully saturated rings. The standard InChI is InChI=1S/C10H13N3O3/c1-2-13-6-7(5-11-13)8(14)12-10(3-4-10)9(15)16/h5-6H,2-4H2,1H3,(H,12,14)(H,15,16). The van der Waals surface area contributed by atoms with Gasteiger partial charge in [0.15, 0.2) is 0 Å². The van der Waals surface area contributed by atoms with Gasteiger partial charge in [0.2, 0.25) is 0 Å². The molecule has 1 saturated carbocycles. The largest absolute Gasteiger partial charge is 0.480 e. The van der Waals surface area contributed by atoms with Crippen LogP contribution in [0.1, 0.15) is 30.1 Å². The van der Waals surface area contributed by atoms with Crippen LogP contribution in [-0.4, -0.2) is 32.3 Å². The lowest BCUT2D eigenvalue weighted by atomic mass is 10.2. The SMILES string of the molecule is CCn1cc(C(=O)NC2(C(=O)O)CC2)cn1. The molecule has 0 aromatic carbocycles. The van der Waals surface area contributed by atoms with Gasteiger partial charge in [0.1, 0.15) is 5.54 Å². The summed E-state index contributed by atoms with van der Waals surface area (Å²) in [4.78, 5) is 22.6. The average Bonchev–Trinajstić information content (AvgIpc) is 2.88. The fraction of sp³-hybridized carbons (Fsp3) is 0.500. The molecule has 1 heterocycles. The van der Waals surface area contributed by atoms with Gasteiger partial charge in [-0.3, -0.25) is 9.48 Å². The van der Waals surface area contributed by atoms with E-state index in [1.54, 1.807) is 10.9 Å². The van der Waals surface area contributed by atoms with Crippen molar-refractivity contribution in [1.82, 2.24) is 15.1 Å². The van der Waals surface area contributed by atoms with Gasteiger partial charge in [-0.2, -0.15) is 5.10 Å². The molecule has 0 spiro atoms. The molecule has 2 rings (SSSR count). The number of aliphatic carboxylic acids is 1. The highest BCUT2D eigenvalue weighted by Gasteiger charge is 2.51. The molecule has 0 saturated heterocycles. The fourth-order valence-corrected chi connectivity index (χ4v) is 1.46. The van der Waals surface area contributed by atoms with Crippen molar-refractivity contribution in [3.05, 3.63) is 18.0 Å². The second-order valence-corrected chi connectivity index (χ2v) is 3.93. The fourth-order valence-electron chi connectivity index (χ4n) is 1.46. The lowest BCUT2D eigenvalue weighted by Crippen LogP contribution is -2.42. The Morgan fingerprint density at radius 3 is 2.75 bits per heavy atom. The Bertz CT molecular complexity index is 434. The third-order valence-electron chi connectivity index (χ3n) is 2.73. The topological polar surface area (TPSA) is 84.2 Å². The Labute approximate surface area is 92.3 Å². The molecule has 1 aromatic heterocycles. The molecule has 6 nitrogen and oxygen atoms in total. The third-order valence-corrected chi connectivity index (χ3v) is 2.73. The van der Waals surface area contributed by atoms with Crippen LogP contribution < -0.4 is 5.32 Å². The summed E-state index contributed by atoms with van der Waals surface area (Å²) in [6.45, 7) is 2.59. The van der Waals surface area contributed by atoms with Crippen LogP contribution in [-0.2, 0) is 11.3 Å². The van der Waals surface area contributed by atoms with Crippen molar-refractivity contribution in [2.75, 3.05) is 0 Å². The summed E-state index contributed by atoms with van der Waals surface area (Å²) in [5.74, 6) is -1.34. The first-order valence-corrected chi connectivity index (χ1v) is 5.16. The lowest BCUT2D eigenvalue weighted by molar-refractivity contribution is -0.140. The maximum atomic E-state index is 11.7. The molecule has 1 aliphatic rings. The Morgan fingerprint density at radius 1 is 1.62 bits per heavy atom. The van der Waals surface area contributed by atoms with Crippen LogP contribution in [0.4, 0.5) is 0 Å². The third kappa shape index (κ3) is 1.78. The van der Waals surface area contributed by atoms with Gasteiger partial charge < -0.3 is 10.4 Å². The van der Waals surface area contributed by atoms with E-state index >= 15 is 0 Å². The molecule has 0 aliphatic heterocycles. The molecule has 1 amide bonds. The van der Waals surface area contributed by atoms with Gasteiger partial charge in [-0.25, -0.2) is 4.79 Å². The minimum atomic E-state index is -1.04. The minimum absolute atomic E-state index is 0.375. The highest BCUT2D eigenvalue weighted by molar-refractivity contribution is 5.98. The first kappa shape index (κ1) is 10.7. The van der Waals surface area contributed by atoms with E-state index in [2.05, 4.69) is 10.4 Å². The van der Waals surface area contributed by atoms with Crippen LogP contribution in [0.2, 0.25) is 0 Å². The van der Waals surface area contributed by atoms with Crippen molar-refractivity contribution in [2.45, 2.75) is 31.8 Å². The lowest BCUT2D eigenvalue weighted by Gasteiger charge is -2.10. The van der Waals surface area contributed by atoms with E-state index in [4.69, 9.17) is 5.11 Å². The van der Waals surface area contributed by atoms with Crippen molar-refractivity contribution in [3.8, 4) is 0 Å². The number of aryl methyl sites for hydroxylation is 1. The summed E-state index contributed by atoms with van der Waals surface area (Å²) in [5, 5.41) is 15.4. The molecule has 2 N–H and O–H groups in total. The van der Waals surface area contributed by atoms with Crippen LogP contribution in [0, 0.1) is 0 Å². The molecule has 0 unspecified atom stereocenters. The van der Waals surface area contributed by atoms with E-state index in [1.165, 1.54) is 6.20 Å². The molecule has 1 aromatic rings. The Balaban J connectivity index is 2.06. The predicted octanol–water partition coefficient (Wildman–Crippen LogP) is 0.250. The summed E-state index contributed by atoms with van der Waals surface area (Å²) < 4.78 is 1.62. The number of carbonyl (C=O) groups is 2. The number of aromatic nitrogens is 2. The van der Waals surface area contributed by atoms with Gasteiger partial charge in [-0.15, -0.1) is 0 Å². The monoisotopic (exact) mass is 223 g/mol. The quantitative estimate of drug-likeness (QED) is 0.766. The maximum Gasteiger partial charge on any atom is 0.329 e. The summed E-state index contributed by atoms with van der Waals surface area (Å²) in [6, 6.07) is 0. The van der Waals surface area contributed by atoms with E-state index in [1.807, 2.05) is 6.92 Å². The zero-order valence-electron chi connectivity index (χ0n) is 8.93. The Morgan fingerprint density at radius 2 is 2.31 bits per heavy atom. The number of amides is 1. The highest BCUT2D eigenvalue weighted by atomic mass is 16.4. The van der Waals surface area contributed by atoms with Crippen LogP contribution in [0.15, 0.2) is 12.4 Å². The second kappa shape index (κ2) is 3.62. The molecule has 6 heteroatoms. The van der Waals surface area contributed by atoms with Crippen molar-refractivity contribution in [3.63, 3.8) is 0 Å². The summed E-state index contributed by atoms with van der Waals surface area (Å²) in [5.41, 5.74) is -0.639. The van der Waals surface area contributed by atoms with Gasteiger partial charge in [-0.1, -0.05) is 0 Å². The van der Waals surface area contributed by atoms with E-state index in [0.717, 1.165) is 0 Å². The van der Waals surface area contributed by atoms with Crippen molar-refractivity contribution < 1.29 is 14.7 Å². The molecule has 86 valence electrons. The zero-order valence-corrected chi connectivity index (χ0v) is 8.93. The van der Waals surface area contributed by atoms with Crippen LogP contribution in [0.25, 0.3) is 0 Å².